The van der Waals surface area contributed by atoms with Crippen molar-refractivity contribution in [1.82, 2.24) is 0 Å². The second-order valence-corrected chi connectivity index (χ2v) is 3.13. The van der Waals surface area contributed by atoms with Gasteiger partial charge in [-0.2, -0.15) is 0 Å². The minimum absolute atomic E-state index is 1.28. The van der Waals surface area contributed by atoms with Crippen LogP contribution in [0, 0.1) is 0 Å². The summed E-state index contributed by atoms with van der Waals surface area (Å²) >= 11 is 0. The second-order valence-electron chi connectivity index (χ2n) is 3.13. The summed E-state index contributed by atoms with van der Waals surface area (Å²) in [5, 5.41) is 0. The third kappa shape index (κ3) is 16.2. The fourth-order valence-corrected chi connectivity index (χ4v) is 0.962. The van der Waals surface area contributed by atoms with E-state index in [-0.39, 0.29) is 0 Å². The van der Waals surface area contributed by atoms with Crippen molar-refractivity contribution in [1.29, 1.82) is 0 Å². The highest BCUT2D eigenvalue weighted by Crippen LogP contribution is 2.04. The maximum Gasteiger partial charge on any atom is -0.0348 e. The smallest absolute Gasteiger partial charge is 0.0348 e. The summed E-state index contributed by atoms with van der Waals surface area (Å²) in [6.07, 6.45) is 9.13. The zero-order valence-electron chi connectivity index (χ0n) is 9.03. The van der Waals surface area contributed by atoms with E-state index in [0.717, 1.165) is 0 Å². The van der Waals surface area contributed by atoms with Crippen LogP contribution in [-0.2, 0) is 0 Å². The SMILES string of the molecule is C=C.CCCCCCC=C(C)C. The number of unbranched alkanes of at least 4 members (excludes halogenated alkanes) is 4. The van der Waals surface area contributed by atoms with Gasteiger partial charge in [0, 0.05) is 0 Å². The van der Waals surface area contributed by atoms with Gasteiger partial charge in [0.25, 0.3) is 0 Å². The summed E-state index contributed by atoms with van der Waals surface area (Å²) in [7, 11) is 0. The van der Waals surface area contributed by atoms with Gasteiger partial charge >= 0.3 is 0 Å². The highest BCUT2D eigenvalue weighted by atomic mass is 13.9. The van der Waals surface area contributed by atoms with Crippen molar-refractivity contribution in [2.75, 3.05) is 0 Å². The van der Waals surface area contributed by atoms with E-state index < -0.39 is 0 Å². The molecular formula is C12H24. The molecular weight excluding hydrogens is 144 g/mol. The van der Waals surface area contributed by atoms with Gasteiger partial charge in [-0.15, -0.1) is 13.2 Å². The first-order valence-electron chi connectivity index (χ1n) is 4.90. The molecule has 0 unspecified atom stereocenters. The molecule has 0 atom stereocenters. The van der Waals surface area contributed by atoms with Gasteiger partial charge in [0.15, 0.2) is 0 Å². The summed E-state index contributed by atoms with van der Waals surface area (Å²) in [5.74, 6) is 0. The first-order chi connectivity index (χ1) is 5.77. The number of hydrogen-bond acceptors (Lipinski definition) is 0. The normalized spacial score (nSPS) is 8.25. The zero-order valence-corrected chi connectivity index (χ0v) is 9.03. The predicted molar refractivity (Wildman–Crippen MR) is 59.4 cm³/mol. The van der Waals surface area contributed by atoms with Gasteiger partial charge in [0.05, 0.1) is 0 Å². The van der Waals surface area contributed by atoms with Crippen LogP contribution in [0.2, 0.25) is 0 Å². The van der Waals surface area contributed by atoms with Gasteiger partial charge < -0.3 is 0 Å². The topological polar surface area (TPSA) is 0 Å². The van der Waals surface area contributed by atoms with Crippen LogP contribution in [0.3, 0.4) is 0 Å². The zero-order chi connectivity index (χ0) is 9.82. The van der Waals surface area contributed by atoms with Crippen LogP contribution < -0.4 is 0 Å². The molecule has 0 aliphatic carbocycles. The first kappa shape index (κ1) is 14.0. The van der Waals surface area contributed by atoms with Gasteiger partial charge in [-0.1, -0.05) is 37.8 Å². The molecule has 0 aromatic heterocycles. The van der Waals surface area contributed by atoms with Gasteiger partial charge in [-0.3, -0.25) is 0 Å². The van der Waals surface area contributed by atoms with Gasteiger partial charge in [-0.05, 0) is 26.7 Å². The third-order valence-corrected chi connectivity index (χ3v) is 1.61. The molecule has 12 heavy (non-hydrogen) atoms. The Hall–Kier alpha value is -0.520. The highest BCUT2D eigenvalue weighted by Gasteiger charge is 1.84. The minimum Gasteiger partial charge on any atom is -0.106 e. The molecule has 72 valence electrons. The molecule has 0 bridgehead atoms. The Labute approximate surface area is 78.4 Å². The largest absolute Gasteiger partial charge is 0.106 e. The van der Waals surface area contributed by atoms with E-state index in [1.165, 1.54) is 37.7 Å². The molecule has 0 radical (unpaired) electrons. The summed E-state index contributed by atoms with van der Waals surface area (Å²) in [6.45, 7) is 12.6. The lowest BCUT2D eigenvalue weighted by atomic mass is 10.1. The average molecular weight is 168 g/mol. The van der Waals surface area contributed by atoms with Crippen LogP contribution in [0.25, 0.3) is 0 Å². The molecule has 0 spiro atoms. The van der Waals surface area contributed by atoms with Gasteiger partial charge in [-0.25, -0.2) is 0 Å². The Morgan fingerprint density at radius 2 is 1.67 bits per heavy atom. The van der Waals surface area contributed by atoms with E-state index in [0.29, 0.717) is 0 Å². The fourth-order valence-electron chi connectivity index (χ4n) is 0.962. The highest BCUT2D eigenvalue weighted by molar-refractivity contribution is 4.92. The summed E-state index contributed by atoms with van der Waals surface area (Å²) < 4.78 is 0. The lowest BCUT2D eigenvalue weighted by Gasteiger charge is -1.94. The summed E-state index contributed by atoms with van der Waals surface area (Å²) in [6, 6.07) is 0. The van der Waals surface area contributed by atoms with Crippen molar-refractivity contribution >= 4 is 0 Å². The quantitative estimate of drug-likeness (QED) is 0.411. The molecule has 0 aliphatic heterocycles. The van der Waals surface area contributed by atoms with Crippen LogP contribution in [0.1, 0.15) is 52.9 Å². The van der Waals surface area contributed by atoms with Crippen LogP contribution in [0.4, 0.5) is 0 Å². The minimum atomic E-state index is 1.28. The number of hydrogen-bond donors (Lipinski definition) is 0. The van der Waals surface area contributed by atoms with Crippen molar-refractivity contribution < 1.29 is 0 Å². The molecule has 0 N–H and O–H groups in total. The standard InChI is InChI=1S/C10H20.C2H4/c1-4-5-6-7-8-9-10(2)3;1-2/h9H,4-8H2,1-3H3;1-2H2. The Bertz CT molecular complexity index is 96.6. The van der Waals surface area contributed by atoms with Crippen molar-refractivity contribution in [3.8, 4) is 0 Å². The van der Waals surface area contributed by atoms with Crippen LogP contribution in [0.5, 0.6) is 0 Å². The van der Waals surface area contributed by atoms with E-state index in [1.54, 1.807) is 0 Å². The van der Waals surface area contributed by atoms with Gasteiger partial charge in [0.2, 0.25) is 0 Å². The molecule has 0 heterocycles. The van der Waals surface area contributed by atoms with E-state index in [2.05, 4.69) is 40.0 Å². The van der Waals surface area contributed by atoms with Crippen molar-refractivity contribution in [2.24, 2.45) is 0 Å². The fraction of sp³-hybridized carbons (Fsp3) is 0.667. The Balaban J connectivity index is 0. The summed E-state index contributed by atoms with van der Waals surface area (Å²) in [4.78, 5) is 0. The third-order valence-electron chi connectivity index (χ3n) is 1.61. The Morgan fingerprint density at radius 3 is 2.08 bits per heavy atom. The number of rotatable bonds is 5. The lowest BCUT2D eigenvalue weighted by Crippen LogP contribution is -1.74. The van der Waals surface area contributed by atoms with Crippen LogP contribution in [-0.4, -0.2) is 0 Å². The monoisotopic (exact) mass is 168 g/mol. The lowest BCUT2D eigenvalue weighted by molar-refractivity contribution is 0.673. The molecule has 0 aromatic carbocycles. The van der Waals surface area contributed by atoms with E-state index in [9.17, 15) is 0 Å². The van der Waals surface area contributed by atoms with E-state index in [1.807, 2.05) is 0 Å². The molecule has 0 aliphatic rings. The molecule has 0 saturated heterocycles. The summed E-state index contributed by atoms with van der Waals surface area (Å²) in [5.41, 5.74) is 1.46. The first-order valence-corrected chi connectivity index (χ1v) is 4.90. The molecule has 0 amide bonds. The van der Waals surface area contributed by atoms with E-state index in [4.69, 9.17) is 0 Å². The van der Waals surface area contributed by atoms with Crippen LogP contribution in [0.15, 0.2) is 24.8 Å². The van der Waals surface area contributed by atoms with Gasteiger partial charge in [0.1, 0.15) is 0 Å². The molecule has 0 fully saturated rings. The van der Waals surface area contributed by atoms with Crippen molar-refractivity contribution in [3.05, 3.63) is 24.8 Å². The maximum atomic E-state index is 3.00. The predicted octanol–water partition coefficient (Wildman–Crippen LogP) is 4.73. The Kier molecular flexibility index (Phi) is 15.3. The maximum absolute atomic E-state index is 3.00. The molecule has 0 nitrogen and oxygen atoms in total. The molecule has 0 heteroatoms. The average Bonchev–Trinajstić information content (AvgIpc) is 2.07. The van der Waals surface area contributed by atoms with Crippen LogP contribution >= 0.6 is 0 Å². The molecule has 0 saturated carbocycles. The second kappa shape index (κ2) is 13.1. The molecule has 0 aromatic rings. The van der Waals surface area contributed by atoms with Crippen molar-refractivity contribution in [2.45, 2.75) is 52.9 Å². The number of allylic oxidation sites excluding steroid dienone is 2. The Morgan fingerprint density at radius 1 is 1.08 bits per heavy atom. The molecule has 0 rings (SSSR count). The van der Waals surface area contributed by atoms with E-state index >= 15 is 0 Å². The van der Waals surface area contributed by atoms with Crippen molar-refractivity contribution in [3.63, 3.8) is 0 Å².